The van der Waals surface area contributed by atoms with Crippen molar-refractivity contribution in [1.82, 2.24) is 0 Å². The molecule has 0 N–H and O–H groups in total. The second-order valence-electron chi connectivity index (χ2n) is 4.86. The van der Waals surface area contributed by atoms with E-state index in [0.717, 1.165) is 25.1 Å². The highest BCUT2D eigenvalue weighted by molar-refractivity contribution is 6.05. The van der Waals surface area contributed by atoms with Gasteiger partial charge in [-0.25, -0.2) is 4.99 Å². The third-order valence-corrected chi connectivity index (χ3v) is 3.79. The molecule has 2 aromatic rings. The predicted molar refractivity (Wildman–Crippen MR) is 74.7 cm³/mol. The van der Waals surface area contributed by atoms with Gasteiger partial charge in [0.05, 0.1) is 5.69 Å². The smallest absolute Gasteiger partial charge is 0.114 e. The van der Waals surface area contributed by atoms with Gasteiger partial charge in [-0.1, -0.05) is 36.4 Å². The number of hydrogen-bond donors (Lipinski definition) is 0. The molecule has 2 aromatic carbocycles. The van der Waals surface area contributed by atoms with E-state index in [1.807, 2.05) is 0 Å². The van der Waals surface area contributed by atoms with Crippen molar-refractivity contribution in [1.29, 1.82) is 0 Å². The fourth-order valence-electron chi connectivity index (χ4n) is 2.88. The summed E-state index contributed by atoms with van der Waals surface area (Å²) in [5.41, 5.74) is 5.26. The lowest BCUT2D eigenvalue weighted by molar-refractivity contribution is 1.01. The molecule has 4 rings (SSSR count). The van der Waals surface area contributed by atoms with Crippen molar-refractivity contribution in [3.63, 3.8) is 0 Å². The summed E-state index contributed by atoms with van der Waals surface area (Å²) in [5, 5.41) is 0. The highest BCUT2D eigenvalue weighted by Gasteiger charge is 2.25. The SMILES string of the molecule is c1ccc2c(c1)CC(N1CCc3ccccc31)=N2. The van der Waals surface area contributed by atoms with Crippen molar-refractivity contribution in [3.05, 3.63) is 59.7 Å². The van der Waals surface area contributed by atoms with Crippen LogP contribution in [-0.2, 0) is 12.8 Å². The minimum Gasteiger partial charge on any atom is -0.329 e. The molecule has 88 valence electrons. The molecule has 0 bridgehead atoms. The van der Waals surface area contributed by atoms with Gasteiger partial charge in [0, 0.05) is 18.7 Å². The van der Waals surface area contributed by atoms with Gasteiger partial charge in [-0.3, -0.25) is 0 Å². The lowest BCUT2D eigenvalue weighted by Crippen LogP contribution is -2.28. The Hall–Kier alpha value is -2.09. The lowest BCUT2D eigenvalue weighted by Gasteiger charge is -2.18. The van der Waals surface area contributed by atoms with Gasteiger partial charge in [0.2, 0.25) is 0 Å². The van der Waals surface area contributed by atoms with E-state index >= 15 is 0 Å². The van der Waals surface area contributed by atoms with Gasteiger partial charge in [0.1, 0.15) is 5.84 Å². The fourth-order valence-corrected chi connectivity index (χ4v) is 2.88. The predicted octanol–water partition coefficient (Wildman–Crippen LogP) is 3.34. The molecule has 0 fully saturated rings. The van der Waals surface area contributed by atoms with E-state index in [4.69, 9.17) is 4.99 Å². The van der Waals surface area contributed by atoms with E-state index < -0.39 is 0 Å². The quantitative estimate of drug-likeness (QED) is 0.682. The van der Waals surface area contributed by atoms with Gasteiger partial charge < -0.3 is 4.90 Å². The number of fused-ring (bicyclic) bond motifs is 2. The maximum atomic E-state index is 4.78. The number of benzene rings is 2. The Morgan fingerprint density at radius 3 is 2.56 bits per heavy atom. The zero-order valence-corrected chi connectivity index (χ0v) is 10.1. The largest absolute Gasteiger partial charge is 0.329 e. The standard InChI is InChI=1S/C16H14N2/c1-3-7-14-13(6-1)11-16(17-14)18-10-9-12-5-2-4-8-15(12)18/h1-8H,9-11H2. The van der Waals surface area contributed by atoms with Crippen LogP contribution in [-0.4, -0.2) is 12.4 Å². The van der Waals surface area contributed by atoms with Crippen LogP contribution in [0.5, 0.6) is 0 Å². The molecule has 2 nitrogen and oxygen atoms in total. The van der Waals surface area contributed by atoms with Gasteiger partial charge >= 0.3 is 0 Å². The third kappa shape index (κ3) is 1.39. The molecule has 0 spiro atoms. The molecule has 0 aromatic heterocycles. The van der Waals surface area contributed by atoms with Crippen molar-refractivity contribution < 1.29 is 0 Å². The molecular weight excluding hydrogens is 220 g/mol. The van der Waals surface area contributed by atoms with Crippen LogP contribution in [0.15, 0.2) is 53.5 Å². The topological polar surface area (TPSA) is 15.6 Å². The fraction of sp³-hybridized carbons (Fsp3) is 0.188. The van der Waals surface area contributed by atoms with E-state index in [1.165, 1.54) is 22.6 Å². The molecule has 2 aliphatic rings. The van der Waals surface area contributed by atoms with Gasteiger partial charge in [-0.15, -0.1) is 0 Å². The van der Waals surface area contributed by atoms with Gasteiger partial charge in [0.25, 0.3) is 0 Å². The van der Waals surface area contributed by atoms with E-state index in [-0.39, 0.29) is 0 Å². The average molecular weight is 234 g/mol. The molecule has 2 heteroatoms. The van der Waals surface area contributed by atoms with E-state index in [9.17, 15) is 0 Å². The monoisotopic (exact) mass is 234 g/mol. The van der Waals surface area contributed by atoms with Gasteiger partial charge in [-0.05, 0) is 29.7 Å². The number of aliphatic imine (C=N–C) groups is 1. The number of nitrogens with zero attached hydrogens (tertiary/aromatic N) is 2. The molecular formula is C16H14N2. The maximum Gasteiger partial charge on any atom is 0.114 e. The Balaban J connectivity index is 1.72. The Morgan fingerprint density at radius 2 is 1.67 bits per heavy atom. The minimum atomic E-state index is 0.963. The van der Waals surface area contributed by atoms with Crippen LogP contribution in [0.4, 0.5) is 11.4 Å². The molecule has 2 heterocycles. The lowest BCUT2D eigenvalue weighted by atomic mass is 10.1. The number of rotatable bonds is 0. The number of amidine groups is 1. The summed E-state index contributed by atoms with van der Waals surface area (Å²) in [7, 11) is 0. The summed E-state index contributed by atoms with van der Waals surface area (Å²) >= 11 is 0. The third-order valence-electron chi connectivity index (χ3n) is 3.79. The van der Waals surface area contributed by atoms with E-state index in [2.05, 4.69) is 53.4 Å². The highest BCUT2D eigenvalue weighted by Crippen LogP contribution is 2.33. The summed E-state index contributed by atoms with van der Waals surface area (Å²) in [4.78, 5) is 7.15. The molecule has 0 aliphatic carbocycles. The van der Waals surface area contributed by atoms with E-state index in [0.29, 0.717) is 0 Å². The average Bonchev–Trinajstić information content (AvgIpc) is 3.02. The summed E-state index contributed by atoms with van der Waals surface area (Å²) in [5.74, 6) is 1.20. The Morgan fingerprint density at radius 1 is 0.889 bits per heavy atom. The molecule has 0 saturated carbocycles. The van der Waals surface area contributed by atoms with Crippen LogP contribution >= 0.6 is 0 Å². The van der Waals surface area contributed by atoms with Crippen LogP contribution < -0.4 is 4.90 Å². The molecule has 0 unspecified atom stereocenters. The molecule has 0 atom stereocenters. The zero-order chi connectivity index (χ0) is 11.9. The molecule has 0 saturated heterocycles. The first-order chi connectivity index (χ1) is 8.92. The molecule has 0 amide bonds. The molecule has 0 radical (unpaired) electrons. The first-order valence-electron chi connectivity index (χ1n) is 6.43. The minimum absolute atomic E-state index is 0.963. The maximum absolute atomic E-state index is 4.78. The molecule has 18 heavy (non-hydrogen) atoms. The van der Waals surface area contributed by atoms with Gasteiger partial charge in [0.15, 0.2) is 0 Å². The normalized spacial score (nSPS) is 16.4. The van der Waals surface area contributed by atoms with Gasteiger partial charge in [-0.2, -0.15) is 0 Å². The van der Waals surface area contributed by atoms with Crippen molar-refractivity contribution in [2.24, 2.45) is 4.99 Å². The summed E-state index contributed by atoms with van der Waals surface area (Å²) in [6.07, 6.45) is 2.09. The number of anilines is 1. The zero-order valence-electron chi connectivity index (χ0n) is 10.1. The first kappa shape index (κ1) is 9.89. The van der Waals surface area contributed by atoms with Crippen molar-refractivity contribution in [2.45, 2.75) is 12.8 Å². The van der Waals surface area contributed by atoms with Crippen LogP contribution in [0.25, 0.3) is 0 Å². The van der Waals surface area contributed by atoms with Crippen LogP contribution in [0.2, 0.25) is 0 Å². The summed E-state index contributed by atoms with van der Waals surface area (Å²) in [6.45, 7) is 1.06. The second-order valence-corrected chi connectivity index (χ2v) is 4.86. The Labute approximate surface area is 107 Å². The number of hydrogen-bond acceptors (Lipinski definition) is 2. The van der Waals surface area contributed by atoms with Crippen molar-refractivity contribution in [2.75, 3.05) is 11.4 Å². The summed E-state index contributed by atoms with van der Waals surface area (Å²) in [6, 6.07) is 17.1. The van der Waals surface area contributed by atoms with Crippen LogP contribution in [0.1, 0.15) is 11.1 Å². The number of para-hydroxylation sites is 2. The second kappa shape index (κ2) is 3.70. The Kier molecular flexibility index (Phi) is 2.04. The van der Waals surface area contributed by atoms with Crippen molar-refractivity contribution in [3.8, 4) is 0 Å². The van der Waals surface area contributed by atoms with Crippen molar-refractivity contribution >= 4 is 17.2 Å². The van der Waals surface area contributed by atoms with Crippen LogP contribution in [0, 0.1) is 0 Å². The van der Waals surface area contributed by atoms with Crippen LogP contribution in [0.3, 0.4) is 0 Å². The summed E-state index contributed by atoms with van der Waals surface area (Å²) < 4.78 is 0. The van der Waals surface area contributed by atoms with E-state index in [1.54, 1.807) is 0 Å². The first-order valence-corrected chi connectivity index (χ1v) is 6.43. The Bertz CT molecular complexity index is 643. The molecule has 2 aliphatic heterocycles. The highest BCUT2D eigenvalue weighted by atomic mass is 15.2.